The van der Waals surface area contributed by atoms with Crippen LogP contribution in [0.4, 0.5) is 11.5 Å². The van der Waals surface area contributed by atoms with Crippen molar-refractivity contribution in [1.82, 2.24) is 9.97 Å². The van der Waals surface area contributed by atoms with Crippen LogP contribution in [0, 0.1) is 0 Å². The highest BCUT2D eigenvalue weighted by Gasteiger charge is 2.27. The van der Waals surface area contributed by atoms with E-state index in [0.29, 0.717) is 5.92 Å². The number of ether oxygens (including phenoxy) is 1. The van der Waals surface area contributed by atoms with E-state index in [-0.39, 0.29) is 0 Å². The van der Waals surface area contributed by atoms with E-state index in [1.54, 1.807) is 7.11 Å². The Hall–Kier alpha value is -2.30. The Labute approximate surface area is 143 Å². The molecule has 4 rings (SSSR count). The number of aromatic nitrogens is 2. The van der Waals surface area contributed by atoms with Crippen LogP contribution in [0.15, 0.2) is 36.5 Å². The zero-order valence-corrected chi connectivity index (χ0v) is 14.2. The molecule has 0 bridgehead atoms. The molecule has 1 aliphatic carbocycles. The van der Waals surface area contributed by atoms with Crippen molar-refractivity contribution in [1.29, 1.82) is 0 Å². The number of nitrogens with zero attached hydrogens (tertiary/aromatic N) is 4. The lowest BCUT2D eigenvalue weighted by Gasteiger charge is -2.24. The topological polar surface area (TPSA) is 41.5 Å². The van der Waals surface area contributed by atoms with E-state index >= 15 is 0 Å². The molecule has 2 heterocycles. The van der Waals surface area contributed by atoms with Crippen molar-refractivity contribution < 1.29 is 4.74 Å². The number of methoxy groups -OCH3 is 1. The number of benzene rings is 1. The first-order valence-electron chi connectivity index (χ1n) is 8.80. The van der Waals surface area contributed by atoms with Crippen molar-refractivity contribution in [2.75, 3.05) is 43.1 Å². The van der Waals surface area contributed by atoms with Crippen LogP contribution >= 0.6 is 0 Å². The van der Waals surface area contributed by atoms with Crippen LogP contribution in [-0.4, -0.2) is 43.3 Å². The van der Waals surface area contributed by atoms with Gasteiger partial charge in [0.15, 0.2) is 0 Å². The first-order chi connectivity index (χ1) is 11.8. The van der Waals surface area contributed by atoms with Gasteiger partial charge in [0.05, 0.1) is 7.11 Å². The van der Waals surface area contributed by atoms with Gasteiger partial charge in [-0.15, -0.1) is 0 Å². The Bertz CT molecular complexity index is 684. The molecule has 1 aromatic heterocycles. The molecule has 0 spiro atoms. The highest BCUT2D eigenvalue weighted by Crippen LogP contribution is 2.38. The molecular formula is C19H24N4O. The van der Waals surface area contributed by atoms with E-state index in [1.165, 1.54) is 18.5 Å². The predicted octanol–water partition coefficient (Wildman–Crippen LogP) is 3.08. The molecule has 0 atom stereocenters. The summed E-state index contributed by atoms with van der Waals surface area (Å²) in [5, 5.41) is 0. The summed E-state index contributed by atoms with van der Waals surface area (Å²) in [5.74, 6) is 3.63. The van der Waals surface area contributed by atoms with Gasteiger partial charge in [-0.05, 0) is 49.6 Å². The monoisotopic (exact) mass is 324 g/mol. The van der Waals surface area contributed by atoms with E-state index in [1.807, 2.05) is 18.3 Å². The summed E-state index contributed by atoms with van der Waals surface area (Å²) in [6, 6.07) is 10.4. The minimum atomic E-state index is 0.604. The third-order valence-corrected chi connectivity index (χ3v) is 4.86. The van der Waals surface area contributed by atoms with Crippen LogP contribution in [0.2, 0.25) is 0 Å². The molecule has 0 amide bonds. The first kappa shape index (κ1) is 15.2. The van der Waals surface area contributed by atoms with Gasteiger partial charge in [0.1, 0.15) is 17.4 Å². The smallest absolute Gasteiger partial charge is 0.133 e. The summed E-state index contributed by atoms with van der Waals surface area (Å²) >= 11 is 0. The number of rotatable bonds is 4. The zero-order chi connectivity index (χ0) is 16.4. The Morgan fingerprint density at radius 2 is 1.71 bits per heavy atom. The van der Waals surface area contributed by atoms with Crippen LogP contribution in [0.3, 0.4) is 0 Å². The van der Waals surface area contributed by atoms with Crippen molar-refractivity contribution in [3.05, 3.63) is 42.4 Å². The quantitative estimate of drug-likeness (QED) is 0.864. The molecule has 2 aliphatic rings. The van der Waals surface area contributed by atoms with Gasteiger partial charge in [-0.2, -0.15) is 0 Å². The van der Waals surface area contributed by atoms with Gasteiger partial charge in [-0.3, -0.25) is 0 Å². The van der Waals surface area contributed by atoms with E-state index in [9.17, 15) is 0 Å². The number of anilines is 2. The summed E-state index contributed by atoms with van der Waals surface area (Å²) in [5.41, 5.74) is 1.26. The summed E-state index contributed by atoms with van der Waals surface area (Å²) in [7, 11) is 1.70. The molecule has 1 aromatic carbocycles. The van der Waals surface area contributed by atoms with E-state index in [2.05, 4.69) is 33.0 Å². The van der Waals surface area contributed by atoms with Crippen LogP contribution < -0.4 is 14.5 Å². The predicted molar refractivity (Wildman–Crippen MR) is 96.0 cm³/mol. The van der Waals surface area contributed by atoms with Gasteiger partial charge in [0.2, 0.25) is 0 Å². The minimum absolute atomic E-state index is 0.604. The summed E-state index contributed by atoms with van der Waals surface area (Å²) < 4.78 is 5.25. The normalized spacial score (nSPS) is 18.4. The molecule has 0 unspecified atom stereocenters. The standard InChI is InChI=1S/C19H24N4O/c1-24-17-7-5-16(6-8-17)22-11-2-12-23(14-13-22)18-9-10-20-19(21-18)15-3-4-15/h5-10,15H,2-4,11-14H2,1H3. The maximum atomic E-state index is 5.25. The van der Waals surface area contributed by atoms with Gasteiger partial charge >= 0.3 is 0 Å². The Kier molecular flexibility index (Phi) is 4.24. The molecule has 5 nitrogen and oxygen atoms in total. The lowest BCUT2D eigenvalue weighted by molar-refractivity contribution is 0.415. The van der Waals surface area contributed by atoms with Gasteiger partial charge in [0, 0.05) is 44.0 Å². The van der Waals surface area contributed by atoms with Crippen LogP contribution in [-0.2, 0) is 0 Å². The highest BCUT2D eigenvalue weighted by atomic mass is 16.5. The zero-order valence-electron chi connectivity index (χ0n) is 14.2. The second-order valence-corrected chi connectivity index (χ2v) is 6.57. The SMILES string of the molecule is COc1ccc(N2CCCN(c3ccnc(C4CC4)n3)CC2)cc1. The van der Waals surface area contributed by atoms with Gasteiger partial charge < -0.3 is 14.5 Å². The van der Waals surface area contributed by atoms with Crippen LogP contribution in [0.5, 0.6) is 5.75 Å². The highest BCUT2D eigenvalue weighted by molar-refractivity contribution is 5.50. The molecule has 5 heteroatoms. The van der Waals surface area contributed by atoms with Gasteiger partial charge in [0.25, 0.3) is 0 Å². The summed E-state index contributed by atoms with van der Waals surface area (Å²) in [4.78, 5) is 14.1. The molecular weight excluding hydrogens is 300 g/mol. The fourth-order valence-corrected chi connectivity index (χ4v) is 3.28. The van der Waals surface area contributed by atoms with Crippen molar-refractivity contribution in [3.8, 4) is 5.75 Å². The number of hydrogen-bond donors (Lipinski definition) is 0. The van der Waals surface area contributed by atoms with Gasteiger partial charge in [-0.25, -0.2) is 9.97 Å². The fraction of sp³-hybridized carbons (Fsp3) is 0.474. The molecule has 1 saturated carbocycles. The largest absolute Gasteiger partial charge is 0.497 e. The lowest BCUT2D eigenvalue weighted by Crippen LogP contribution is -2.31. The second-order valence-electron chi connectivity index (χ2n) is 6.57. The van der Waals surface area contributed by atoms with Gasteiger partial charge in [-0.1, -0.05) is 0 Å². The van der Waals surface area contributed by atoms with E-state index in [0.717, 1.165) is 50.0 Å². The molecule has 0 radical (unpaired) electrons. The molecule has 1 aliphatic heterocycles. The van der Waals surface area contributed by atoms with E-state index in [4.69, 9.17) is 9.72 Å². The number of hydrogen-bond acceptors (Lipinski definition) is 5. The Morgan fingerprint density at radius 1 is 0.958 bits per heavy atom. The first-order valence-corrected chi connectivity index (χ1v) is 8.80. The molecule has 0 N–H and O–H groups in total. The molecule has 126 valence electrons. The van der Waals surface area contributed by atoms with Crippen molar-refractivity contribution in [3.63, 3.8) is 0 Å². The third-order valence-electron chi connectivity index (χ3n) is 4.86. The average Bonchev–Trinajstić information content (AvgIpc) is 3.48. The molecule has 2 aromatic rings. The molecule has 24 heavy (non-hydrogen) atoms. The summed E-state index contributed by atoms with van der Waals surface area (Å²) in [6.45, 7) is 4.12. The average molecular weight is 324 g/mol. The fourth-order valence-electron chi connectivity index (χ4n) is 3.28. The van der Waals surface area contributed by atoms with Crippen LogP contribution in [0.1, 0.15) is 31.0 Å². The molecule has 1 saturated heterocycles. The maximum Gasteiger partial charge on any atom is 0.133 e. The second kappa shape index (κ2) is 6.67. The summed E-state index contributed by atoms with van der Waals surface area (Å²) in [6.07, 6.45) is 5.54. The van der Waals surface area contributed by atoms with Crippen molar-refractivity contribution in [2.45, 2.75) is 25.2 Å². The van der Waals surface area contributed by atoms with Crippen molar-refractivity contribution in [2.24, 2.45) is 0 Å². The Morgan fingerprint density at radius 3 is 2.46 bits per heavy atom. The van der Waals surface area contributed by atoms with Crippen molar-refractivity contribution >= 4 is 11.5 Å². The van der Waals surface area contributed by atoms with E-state index < -0.39 is 0 Å². The van der Waals surface area contributed by atoms with Crippen LogP contribution in [0.25, 0.3) is 0 Å². The third kappa shape index (κ3) is 3.30. The molecule has 2 fully saturated rings. The maximum absolute atomic E-state index is 5.25. The Balaban J connectivity index is 1.44. The minimum Gasteiger partial charge on any atom is -0.497 e. The lowest BCUT2D eigenvalue weighted by atomic mass is 10.2.